The molecule has 0 fully saturated rings. The van der Waals surface area contributed by atoms with Crippen LogP contribution in [0.15, 0.2) is 54.6 Å². The summed E-state index contributed by atoms with van der Waals surface area (Å²) in [6.07, 6.45) is 6.67. The lowest BCUT2D eigenvalue weighted by atomic mass is 9.76. The molecule has 0 bridgehead atoms. The van der Waals surface area contributed by atoms with Crippen molar-refractivity contribution in [2.24, 2.45) is 5.92 Å². The van der Waals surface area contributed by atoms with Crippen molar-refractivity contribution in [3.05, 3.63) is 81.4 Å². The molecule has 0 spiro atoms. The fourth-order valence-electron chi connectivity index (χ4n) is 4.00. The number of nitrogens with zero attached hydrogens (tertiary/aromatic N) is 1. The Bertz CT molecular complexity index is 811. The van der Waals surface area contributed by atoms with Gasteiger partial charge < -0.3 is 5.32 Å². The highest BCUT2D eigenvalue weighted by Gasteiger charge is 2.37. The second kappa shape index (κ2) is 5.78. The zero-order chi connectivity index (χ0) is 16.7. The van der Waals surface area contributed by atoms with Crippen LogP contribution in [0, 0.1) is 16.0 Å². The molecule has 1 N–H and O–H groups in total. The molecule has 2 aromatic rings. The first-order valence-corrected chi connectivity index (χ1v) is 8.47. The monoisotopic (exact) mass is 320 g/mol. The summed E-state index contributed by atoms with van der Waals surface area (Å²) in [5.41, 5.74) is 5.19. The van der Waals surface area contributed by atoms with E-state index in [1.807, 2.05) is 12.1 Å². The van der Waals surface area contributed by atoms with Crippen LogP contribution in [0.4, 0.5) is 11.4 Å². The number of fused-ring (bicyclic) bond motifs is 3. The first kappa shape index (κ1) is 14.9. The Hall–Kier alpha value is -2.62. The highest BCUT2D eigenvalue weighted by atomic mass is 16.6. The van der Waals surface area contributed by atoms with Gasteiger partial charge in [0.15, 0.2) is 0 Å². The molecular weight excluding hydrogens is 300 g/mol. The highest BCUT2D eigenvalue weighted by Crippen LogP contribution is 2.50. The second-order valence-electron chi connectivity index (χ2n) is 6.60. The van der Waals surface area contributed by atoms with Crippen molar-refractivity contribution in [1.29, 1.82) is 0 Å². The third-order valence-electron chi connectivity index (χ3n) is 5.30. The maximum absolute atomic E-state index is 10.9. The van der Waals surface area contributed by atoms with E-state index in [0.29, 0.717) is 11.8 Å². The molecule has 2 aliphatic rings. The third kappa shape index (κ3) is 2.39. The van der Waals surface area contributed by atoms with Gasteiger partial charge in [-0.15, -0.1) is 0 Å². The average molecular weight is 320 g/mol. The summed E-state index contributed by atoms with van der Waals surface area (Å²) in [6.45, 7) is 2.18. The summed E-state index contributed by atoms with van der Waals surface area (Å²) < 4.78 is 0. The van der Waals surface area contributed by atoms with E-state index in [4.69, 9.17) is 0 Å². The number of nitro groups is 1. The molecule has 4 nitrogen and oxygen atoms in total. The van der Waals surface area contributed by atoms with Gasteiger partial charge in [-0.1, -0.05) is 43.3 Å². The number of hydrogen-bond donors (Lipinski definition) is 1. The van der Waals surface area contributed by atoms with E-state index < -0.39 is 0 Å². The van der Waals surface area contributed by atoms with E-state index >= 15 is 0 Å². The summed E-state index contributed by atoms with van der Waals surface area (Å²) in [6, 6.07) is 13.8. The van der Waals surface area contributed by atoms with Crippen LogP contribution >= 0.6 is 0 Å². The van der Waals surface area contributed by atoms with Crippen LogP contribution < -0.4 is 5.32 Å². The molecule has 122 valence electrons. The van der Waals surface area contributed by atoms with Crippen molar-refractivity contribution in [3.63, 3.8) is 0 Å². The Morgan fingerprint density at radius 3 is 2.71 bits per heavy atom. The van der Waals surface area contributed by atoms with Crippen molar-refractivity contribution in [2.75, 3.05) is 5.32 Å². The zero-order valence-corrected chi connectivity index (χ0v) is 13.6. The molecule has 2 aromatic carbocycles. The SMILES string of the molecule is CCc1ccc2c(c1)[C@@H]1C=CC[C@@H]1[C@H](c1ccc([N+](=O)[O-])cc1)N2. The molecule has 3 atom stereocenters. The average Bonchev–Trinajstić information content (AvgIpc) is 3.10. The highest BCUT2D eigenvalue weighted by molar-refractivity contribution is 5.61. The van der Waals surface area contributed by atoms with Gasteiger partial charge in [-0.05, 0) is 41.5 Å². The van der Waals surface area contributed by atoms with Crippen LogP contribution in [0.1, 0.15) is 42.0 Å². The Balaban J connectivity index is 1.71. The lowest BCUT2D eigenvalue weighted by Crippen LogP contribution is -2.29. The first-order valence-electron chi connectivity index (χ1n) is 8.47. The van der Waals surface area contributed by atoms with Crippen molar-refractivity contribution in [2.45, 2.75) is 31.7 Å². The molecule has 0 saturated carbocycles. The number of allylic oxidation sites excluding steroid dienone is 2. The molecule has 1 heterocycles. The number of aryl methyl sites for hydroxylation is 1. The Kier molecular flexibility index (Phi) is 3.60. The number of nitrogens with one attached hydrogen (secondary N) is 1. The number of benzene rings is 2. The molecule has 4 rings (SSSR count). The summed E-state index contributed by atoms with van der Waals surface area (Å²) in [4.78, 5) is 10.5. The van der Waals surface area contributed by atoms with Crippen molar-refractivity contribution in [1.82, 2.24) is 0 Å². The van der Waals surface area contributed by atoms with Gasteiger partial charge in [0.1, 0.15) is 0 Å². The maximum atomic E-state index is 10.9. The van der Waals surface area contributed by atoms with Gasteiger partial charge in [-0.25, -0.2) is 0 Å². The van der Waals surface area contributed by atoms with Crippen molar-refractivity contribution in [3.8, 4) is 0 Å². The smallest absolute Gasteiger partial charge is 0.269 e. The van der Waals surface area contributed by atoms with Gasteiger partial charge in [0, 0.05) is 23.7 Å². The fraction of sp³-hybridized carbons (Fsp3) is 0.300. The van der Waals surface area contributed by atoms with Crippen LogP contribution in [0.3, 0.4) is 0 Å². The molecule has 4 heteroatoms. The quantitative estimate of drug-likeness (QED) is 0.493. The Morgan fingerprint density at radius 2 is 2.00 bits per heavy atom. The minimum Gasteiger partial charge on any atom is -0.378 e. The van der Waals surface area contributed by atoms with E-state index in [0.717, 1.165) is 18.4 Å². The topological polar surface area (TPSA) is 55.2 Å². The first-order chi connectivity index (χ1) is 11.7. The predicted molar refractivity (Wildman–Crippen MR) is 95.3 cm³/mol. The van der Waals surface area contributed by atoms with E-state index in [9.17, 15) is 10.1 Å². The maximum Gasteiger partial charge on any atom is 0.269 e. The number of nitro benzene ring substituents is 1. The second-order valence-corrected chi connectivity index (χ2v) is 6.60. The van der Waals surface area contributed by atoms with E-state index in [1.54, 1.807) is 12.1 Å². The minimum atomic E-state index is -0.348. The molecule has 0 amide bonds. The summed E-state index contributed by atoms with van der Waals surface area (Å²) in [7, 11) is 0. The fourth-order valence-corrected chi connectivity index (χ4v) is 4.00. The van der Waals surface area contributed by atoms with E-state index in [1.165, 1.54) is 16.8 Å². The molecule has 1 aliphatic heterocycles. The largest absolute Gasteiger partial charge is 0.378 e. The Morgan fingerprint density at radius 1 is 1.21 bits per heavy atom. The van der Waals surface area contributed by atoms with Gasteiger partial charge in [0.25, 0.3) is 5.69 Å². The van der Waals surface area contributed by atoms with E-state index in [2.05, 4.69) is 42.6 Å². The molecule has 24 heavy (non-hydrogen) atoms. The van der Waals surface area contributed by atoms with Crippen molar-refractivity contribution < 1.29 is 4.92 Å². The van der Waals surface area contributed by atoms with Crippen LogP contribution in [-0.4, -0.2) is 4.92 Å². The number of non-ortho nitro benzene ring substituents is 1. The lowest BCUT2D eigenvalue weighted by molar-refractivity contribution is -0.384. The number of hydrogen-bond acceptors (Lipinski definition) is 3. The van der Waals surface area contributed by atoms with E-state index in [-0.39, 0.29) is 16.7 Å². The molecule has 0 aromatic heterocycles. The predicted octanol–water partition coefficient (Wildman–Crippen LogP) is 4.98. The molecule has 1 aliphatic carbocycles. The third-order valence-corrected chi connectivity index (χ3v) is 5.30. The van der Waals surface area contributed by atoms with Crippen LogP contribution in [0.25, 0.3) is 0 Å². The molecule has 0 unspecified atom stereocenters. The minimum absolute atomic E-state index is 0.142. The number of anilines is 1. The molecule has 0 saturated heterocycles. The van der Waals surface area contributed by atoms with Gasteiger partial charge in [0.05, 0.1) is 11.0 Å². The van der Waals surface area contributed by atoms with Crippen LogP contribution in [0.5, 0.6) is 0 Å². The molecular formula is C20H20N2O2. The number of rotatable bonds is 3. The lowest BCUT2D eigenvalue weighted by Gasteiger charge is -2.37. The van der Waals surface area contributed by atoms with Gasteiger partial charge >= 0.3 is 0 Å². The normalized spacial score (nSPS) is 24.1. The Labute approximate surface area is 141 Å². The van der Waals surface area contributed by atoms with Crippen LogP contribution in [-0.2, 0) is 6.42 Å². The van der Waals surface area contributed by atoms with Crippen LogP contribution in [0.2, 0.25) is 0 Å². The summed E-state index contributed by atoms with van der Waals surface area (Å²) in [5, 5.41) is 14.5. The standard InChI is InChI=1S/C20H20N2O2/c1-2-13-6-11-19-18(12-13)16-4-3-5-17(16)20(21-19)14-7-9-15(10-8-14)22(23)24/h3-4,6-12,16-17,20-21H,2,5H2,1H3/t16-,17+,20+/m1/s1. The summed E-state index contributed by atoms with van der Waals surface area (Å²) in [5.74, 6) is 0.888. The summed E-state index contributed by atoms with van der Waals surface area (Å²) >= 11 is 0. The van der Waals surface area contributed by atoms with Crippen molar-refractivity contribution >= 4 is 11.4 Å². The van der Waals surface area contributed by atoms with Gasteiger partial charge in [-0.2, -0.15) is 0 Å². The zero-order valence-electron chi connectivity index (χ0n) is 13.6. The van der Waals surface area contributed by atoms with Gasteiger partial charge in [-0.3, -0.25) is 10.1 Å². The molecule has 0 radical (unpaired) electrons. The van der Waals surface area contributed by atoms with Gasteiger partial charge in [0.2, 0.25) is 0 Å².